The summed E-state index contributed by atoms with van der Waals surface area (Å²) in [5.41, 5.74) is 7.11. The summed E-state index contributed by atoms with van der Waals surface area (Å²) in [6.45, 7) is 1.52. The van der Waals surface area contributed by atoms with Crippen LogP contribution in [0.15, 0.2) is 6.33 Å². The van der Waals surface area contributed by atoms with E-state index < -0.39 is 0 Å². The molecule has 2 atom stereocenters. The molecule has 4 heterocycles. The van der Waals surface area contributed by atoms with Gasteiger partial charge in [0.05, 0.1) is 18.3 Å². The highest BCUT2D eigenvalue weighted by atomic mass is 16.2. The maximum absolute atomic E-state index is 11.9. The first-order valence-corrected chi connectivity index (χ1v) is 6.75. The number of nitrogen functional groups attached to an aromatic ring is 1. The predicted octanol–water partition coefficient (Wildman–Crippen LogP) is -0.350. The van der Waals surface area contributed by atoms with Gasteiger partial charge in [0, 0.05) is 13.1 Å². The molecule has 2 aromatic rings. The van der Waals surface area contributed by atoms with Gasteiger partial charge in [-0.1, -0.05) is 0 Å². The van der Waals surface area contributed by atoms with Crippen LogP contribution in [-0.4, -0.2) is 45.0 Å². The highest BCUT2D eigenvalue weighted by Crippen LogP contribution is 2.33. The lowest BCUT2D eigenvalue weighted by molar-refractivity contribution is -0.122. The molecule has 4 N–H and O–H groups in total. The monoisotopic (exact) mass is 273 g/mol. The molecule has 2 saturated heterocycles. The van der Waals surface area contributed by atoms with Crippen LogP contribution in [0.2, 0.25) is 0 Å². The van der Waals surface area contributed by atoms with Gasteiger partial charge in [0.2, 0.25) is 11.9 Å². The summed E-state index contributed by atoms with van der Waals surface area (Å²) in [5.74, 6) is 1.13. The van der Waals surface area contributed by atoms with E-state index in [1.165, 1.54) is 0 Å². The molecule has 8 nitrogen and oxygen atoms in total. The number of nitrogens with one attached hydrogen (secondary N) is 2. The minimum Gasteiger partial charge on any atom is -0.368 e. The maximum atomic E-state index is 11.9. The number of nitrogens with two attached hydrogens (primary N) is 1. The van der Waals surface area contributed by atoms with Crippen LogP contribution in [0.4, 0.5) is 11.8 Å². The number of nitrogens with zero attached hydrogens (tertiary/aromatic N) is 4. The number of aromatic amines is 1. The lowest BCUT2D eigenvalue weighted by Gasteiger charge is -2.36. The number of fused-ring (bicyclic) bond motifs is 2. The second kappa shape index (κ2) is 4.06. The summed E-state index contributed by atoms with van der Waals surface area (Å²) >= 11 is 0. The number of anilines is 2. The van der Waals surface area contributed by atoms with E-state index in [-0.39, 0.29) is 23.8 Å². The van der Waals surface area contributed by atoms with Gasteiger partial charge in [-0.05, 0) is 12.8 Å². The zero-order valence-electron chi connectivity index (χ0n) is 10.8. The minimum absolute atomic E-state index is 0.0397. The van der Waals surface area contributed by atoms with Crippen LogP contribution in [0.1, 0.15) is 12.8 Å². The SMILES string of the molecule is Nc1nc(N2CCCC3C(=O)NCC32)c2[nH]cnc2n1. The number of imidazole rings is 1. The van der Waals surface area contributed by atoms with Gasteiger partial charge >= 0.3 is 0 Å². The lowest BCUT2D eigenvalue weighted by Crippen LogP contribution is -2.46. The molecule has 0 aliphatic carbocycles. The van der Waals surface area contributed by atoms with Crippen LogP contribution in [0.5, 0.6) is 0 Å². The Labute approximate surface area is 114 Å². The second-order valence-electron chi connectivity index (χ2n) is 5.26. The van der Waals surface area contributed by atoms with Gasteiger partial charge < -0.3 is 20.9 Å². The second-order valence-corrected chi connectivity index (χ2v) is 5.26. The van der Waals surface area contributed by atoms with Gasteiger partial charge in [-0.2, -0.15) is 9.97 Å². The summed E-state index contributed by atoms with van der Waals surface area (Å²) in [7, 11) is 0. The normalized spacial score (nSPS) is 25.8. The van der Waals surface area contributed by atoms with E-state index in [4.69, 9.17) is 5.73 Å². The van der Waals surface area contributed by atoms with Crippen LogP contribution in [0.25, 0.3) is 11.2 Å². The van der Waals surface area contributed by atoms with Crippen LogP contribution in [-0.2, 0) is 4.79 Å². The van der Waals surface area contributed by atoms with E-state index in [9.17, 15) is 4.79 Å². The van der Waals surface area contributed by atoms with Gasteiger partial charge in [-0.15, -0.1) is 0 Å². The standard InChI is InChI=1S/C12H15N7O/c13-12-17-9-8(15-5-16-9)10(18-12)19-3-1-2-6-7(19)4-14-11(6)20/h5-7H,1-4H2,(H,14,20)(H3,13,15,16,17,18). The molecule has 0 bridgehead atoms. The van der Waals surface area contributed by atoms with E-state index in [1.54, 1.807) is 6.33 Å². The quantitative estimate of drug-likeness (QED) is 0.654. The molecule has 0 aromatic carbocycles. The molecule has 1 amide bonds. The molecule has 4 rings (SSSR count). The predicted molar refractivity (Wildman–Crippen MR) is 73.0 cm³/mol. The van der Waals surface area contributed by atoms with Gasteiger partial charge in [-0.25, -0.2) is 4.98 Å². The summed E-state index contributed by atoms with van der Waals surface area (Å²) in [5, 5.41) is 2.94. The Morgan fingerprint density at radius 2 is 2.30 bits per heavy atom. The summed E-state index contributed by atoms with van der Waals surface area (Å²) in [6.07, 6.45) is 3.48. The van der Waals surface area contributed by atoms with Gasteiger partial charge in [-0.3, -0.25) is 4.79 Å². The van der Waals surface area contributed by atoms with Crippen LogP contribution in [0.3, 0.4) is 0 Å². The molecule has 104 valence electrons. The highest BCUT2D eigenvalue weighted by Gasteiger charge is 2.41. The number of piperidine rings is 1. The van der Waals surface area contributed by atoms with E-state index in [2.05, 4.69) is 30.2 Å². The van der Waals surface area contributed by atoms with Crippen molar-refractivity contribution >= 4 is 28.8 Å². The van der Waals surface area contributed by atoms with Crippen LogP contribution < -0.4 is 16.0 Å². The molecule has 0 saturated carbocycles. The fraction of sp³-hybridized carbons (Fsp3) is 0.500. The number of hydrogen-bond donors (Lipinski definition) is 3. The first kappa shape index (κ1) is 11.4. The van der Waals surface area contributed by atoms with Gasteiger partial charge in [0.15, 0.2) is 11.5 Å². The van der Waals surface area contributed by atoms with Crippen molar-refractivity contribution in [3.05, 3.63) is 6.33 Å². The number of H-pyrrole nitrogens is 1. The zero-order chi connectivity index (χ0) is 13.7. The third-order valence-electron chi connectivity index (χ3n) is 4.16. The van der Waals surface area contributed by atoms with Crippen molar-refractivity contribution < 1.29 is 4.79 Å². The van der Waals surface area contributed by atoms with Gasteiger partial charge in [0.1, 0.15) is 5.52 Å². The van der Waals surface area contributed by atoms with Crippen molar-refractivity contribution in [3.63, 3.8) is 0 Å². The van der Waals surface area contributed by atoms with Crippen molar-refractivity contribution in [2.75, 3.05) is 23.7 Å². The number of hydrogen-bond acceptors (Lipinski definition) is 6. The summed E-state index contributed by atoms with van der Waals surface area (Å²) < 4.78 is 0. The molecule has 2 aromatic heterocycles. The smallest absolute Gasteiger partial charge is 0.225 e. The summed E-state index contributed by atoms with van der Waals surface area (Å²) in [4.78, 5) is 29.7. The summed E-state index contributed by atoms with van der Waals surface area (Å²) in [6, 6.07) is 0.136. The number of carbonyl (C=O) groups excluding carboxylic acids is 1. The molecule has 0 spiro atoms. The molecule has 2 aliphatic rings. The molecular formula is C12H15N7O. The molecular weight excluding hydrogens is 258 g/mol. The fourth-order valence-electron chi connectivity index (χ4n) is 3.26. The first-order chi connectivity index (χ1) is 9.74. The number of amides is 1. The lowest BCUT2D eigenvalue weighted by atomic mass is 9.91. The Hall–Kier alpha value is -2.38. The third-order valence-corrected chi connectivity index (χ3v) is 4.16. The largest absolute Gasteiger partial charge is 0.368 e. The van der Waals surface area contributed by atoms with Crippen LogP contribution in [0, 0.1) is 5.92 Å². The average molecular weight is 273 g/mol. The zero-order valence-corrected chi connectivity index (χ0v) is 10.8. The van der Waals surface area contributed by atoms with E-state index in [0.717, 1.165) is 30.7 Å². The van der Waals surface area contributed by atoms with Crippen molar-refractivity contribution in [1.29, 1.82) is 0 Å². The highest BCUT2D eigenvalue weighted by molar-refractivity contribution is 5.87. The molecule has 8 heteroatoms. The Morgan fingerprint density at radius 3 is 3.20 bits per heavy atom. The number of rotatable bonds is 1. The topological polar surface area (TPSA) is 113 Å². The number of aromatic nitrogens is 4. The van der Waals surface area contributed by atoms with Crippen molar-refractivity contribution in [2.45, 2.75) is 18.9 Å². The Balaban J connectivity index is 1.82. The Kier molecular flexibility index (Phi) is 2.32. The maximum Gasteiger partial charge on any atom is 0.225 e. The fourth-order valence-corrected chi connectivity index (χ4v) is 3.26. The third kappa shape index (κ3) is 1.54. The van der Waals surface area contributed by atoms with Crippen molar-refractivity contribution in [3.8, 4) is 0 Å². The molecule has 0 radical (unpaired) electrons. The molecule has 2 unspecified atom stereocenters. The molecule has 2 fully saturated rings. The van der Waals surface area contributed by atoms with E-state index >= 15 is 0 Å². The molecule has 20 heavy (non-hydrogen) atoms. The van der Waals surface area contributed by atoms with Crippen molar-refractivity contribution in [2.24, 2.45) is 5.92 Å². The number of carbonyl (C=O) groups is 1. The van der Waals surface area contributed by atoms with E-state index in [0.29, 0.717) is 12.2 Å². The van der Waals surface area contributed by atoms with Gasteiger partial charge in [0.25, 0.3) is 0 Å². The van der Waals surface area contributed by atoms with Crippen LogP contribution >= 0.6 is 0 Å². The minimum atomic E-state index is 0.0397. The molecule has 2 aliphatic heterocycles. The average Bonchev–Trinajstić information content (AvgIpc) is 3.05. The van der Waals surface area contributed by atoms with E-state index in [1.807, 2.05) is 0 Å². The Bertz CT molecular complexity index is 681. The Morgan fingerprint density at radius 1 is 1.40 bits per heavy atom. The first-order valence-electron chi connectivity index (χ1n) is 6.75. The van der Waals surface area contributed by atoms with Crippen molar-refractivity contribution in [1.82, 2.24) is 25.3 Å².